The summed E-state index contributed by atoms with van der Waals surface area (Å²) in [6.45, 7) is 7.64. The van der Waals surface area contributed by atoms with Crippen molar-refractivity contribution in [3.63, 3.8) is 0 Å². The van der Waals surface area contributed by atoms with E-state index in [1.807, 2.05) is 31.1 Å². The molecule has 0 bridgehead atoms. The number of likely N-dealkylation sites (tertiary alicyclic amines) is 2. The van der Waals surface area contributed by atoms with Gasteiger partial charge >= 0.3 is 12.2 Å². The Morgan fingerprint density at radius 3 is 2.15 bits per heavy atom. The van der Waals surface area contributed by atoms with Gasteiger partial charge in [-0.3, -0.25) is 9.69 Å². The molecule has 3 atom stereocenters. The summed E-state index contributed by atoms with van der Waals surface area (Å²) < 4.78 is 12.7. The molecule has 0 saturated carbocycles. The number of fused-ring (bicyclic) bond motifs is 1. The number of methoxy groups -OCH3 is 1. The minimum absolute atomic E-state index is 0.0937. The Morgan fingerprint density at radius 1 is 0.885 bits per heavy atom. The van der Waals surface area contributed by atoms with Crippen LogP contribution in [0.2, 0.25) is 0 Å². The number of hydrogen-bond donors (Lipinski definition) is 3. The maximum absolute atomic E-state index is 13.5. The molecular weight excluding hydrogens is 699 g/mol. The van der Waals surface area contributed by atoms with Gasteiger partial charge in [0.15, 0.2) is 0 Å². The van der Waals surface area contributed by atoms with Crippen LogP contribution in [0, 0.1) is 5.92 Å². The number of carbonyl (C=O) groups is 3. The molecule has 2 unspecified atom stereocenters. The van der Waals surface area contributed by atoms with Crippen LogP contribution in [0.4, 0.5) is 9.59 Å². The Hall–Kier alpha value is -4.69. The lowest BCUT2D eigenvalue weighted by Gasteiger charge is -2.30. The quantitative estimate of drug-likeness (QED) is 0.115. The smallest absolute Gasteiger partial charge is 0.410 e. The molecule has 0 aliphatic carbocycles. The highest BCUT2D eigenvalue weighted by atomic mass is 32.1. The third-order valence-corrected chi connectivity index (χ3v) is 12.2. The molecule has 3 N–H and O–H groups in total. The first-order valence-electron chi connectivity index (χ1n) is 18.0. The van der Waals surface area contributed by atoms with E-state index in [2.05, 4.69) is 57.2 Å². The van der Waals surface area contributed by atoms with Crippen molar-refractivity contribution in [1.29, 1.82) is 0 Å². The molecule has 5 aromatic rings. The number of rotatable bonds is 11. The van der Waals surface area contributed by atoms with Crippen LogP contribution in [0.25, 0.3) is 43.0 Å². The van der Waals surface area contributed by atoms with Gasteiger partial charge in [-0.15, -0.1) is 22.7 Å². The first-order valence-corrected chi connectivity index (χ1v) is 19.8. The van der Waals surface area contributed by atoms with Gasteiger partial charge in [-0.2, -0.15) is 0 Å². The first kappa shape index (κ1) is 35.7. The van der Waals surface area contributed by atoms with Gasteiger partial charge in [0, 0.05) is 35.0 Å². The van der Waals surface area contributed by atoms with Gasteiger partial charge in [0.25, 0.3) is 0 Å². The monoisotopic (exact) mass is 743 g/mol. The van der Waals surface area contributed by atoms with Crippen molar-refractivity contribution >= 4 is 50.2 Å². The number of aromatic amines is 2. The molecule has 12 nitrogen and oxygen atoms in total. The van der Waals surface area contributed by atoms with Gasteiger partial charge in [0.2, 0.25) is 5.91 Å². The van der Waals surface area contributed by atoms with Crippen LogP contribution in [0.3, 0.4) is 0 Å². The van der Waals surface area contributed by atoms with E-state index < -0.39 is 12.1 Å². The SMILES string of the molecule is CCCCOC(=O)N1CCCC1c1ncc(-c2csc3c(-c4ccc(-c5cnc(C6CCCN6C(=O)[C@@H](NC(=O)OC)C(C)C)[nH]5)cc4)csc23)[nH]1. The summed E-state index contributed by atoms with van der Waals surface area (Å²) in [5.41, 5.74) is 6.27. The van der Waals surface area contributed by atoms with Crippen molar-refractivity contribution < 1.29 is 23.9 Å². The van der Waals surface area contributed by atoms with Crippen LogP contribution in [0.1, 0.15) is 83.0 Å². The Balaban J connectivity index is 1.04. The molecule has 14 heteroatoms. The van der Waals surface area contributed by atoms with Crippen molar-refractivity contribution in [1.82, 2.24) is 35.1 Å². The fraction of sp³-hybridized carbons (Fsp3) is 0.447. The number of nitrogens with one attached hydrogen (secondary N) is 3. The van der Waals surface area contributed by atoms with E-state index in [0.29, 0.717) is 19.7 Å². The molecule has 2 aliphatic rings. The van der Waals surface area contributed by atoms with Crippen LogP contribution in [0.5, 0.6) is 0 Å². The summed E-state index contributed by atoms with van der Waals surface area (Å²) in [6.07, 6.45) is 8.13. The van der Waals surface area contributed by atoms with Gasteiger partial charge in [0.05, 0.1) is 59.0 Å². The zero-order chi connectivity index (χ0) is 36.4. The number of aromatic nitrogens is 4. The summed E-state index contributed by atoms with van der Waals surface area (Å²) in [7, 11) is 1.30. The molecule has 6 heterocycles. The number of amides is 3. The van der Waals surface area contributed by atoms with Crippen molar-refractivity contribution in [3.8, 4) is 33.6 Å². The van der Waals surface area contributed by atoms with Crippen molar-refractivity contribution in [2.45, 2.75) is 77.4 Å². The molecular formula is C38H45N7O5S2. The predicted octanol–water partition coefficient (Wildman–Crippen LogP) is 8.53. The molecule has 0 radical (unpaired) electrons. The number of carbonyl (C=O) groups excluding carboxylic acids is 3. The summed E-state index contributed by atoms with van der Waals surface area (Å²) in [6, 6.07) is 7.49. The number of nitrogens with zero attached hydrogens (tertiary/aromatic N) is 4. The van der Waals surface area contributed by atoms with Crippen LogP contribution >= 0.6 is 22.7 Å². The van der Waals surface area contributed by atoms with Crippen LogP contribution in [0.15, 0.2) is 47.4 Å². The summed E-state index contributed by atoms with van der Waals surface area (Å²) in [5.74, 6) is 1.32. The molecule has 0 spiro atoms. The minimum Gasteiger partial charge on any atom is -0.453 e. The highest BCUT2D eigenvalue weighted by molar-refractivity contribution is 7.27. The van der Waals surface area contributed by atoms with E-state index in [1.54, 1.807) is 27.6 Å². The van der Waals surface area contributed by atoms with Crippen LogP contribution in [-0.2, 0) is 14.3 Å². The zero-order valence-corrected chi connectivity index (χ0v) is 31.6. The summed E-state index contributed by atoms with van der Waals surface area (Å²) in [4.78, 5) is 58.3. The number of thiophene rings is 2. The summed E-state index contributed by atoms with van der Waals surface area (Å²) >= 11 is 3.45. The Kier molecular flexibility index (Phi) is 10.6. The first-order chi connectivity index (χ1) is 25.3. The van der Waals surface area contributed by atoms with Gasteiger partial charge in [-0.1, -0.05) is 51.5 Å². The lowest BCUT2D eigenvalue weighted by Crippen LogP contribution is -2.51. The average molecular weight is 744 g/mol. The molecule has 4 aromatic heterocycles. The van der Waals surface area contributed by atoms with E-state index in [-0.39, 0.29) is 30.0 Å². The maximum Gasteiger partial charge on any atom is 0.410 e. The van der Waals surface area contributed by atoms with Gasteiger partial charge in [-0.05, 0) is 49.1 Å². The zero-order valence-electron chi connectivity index (χ0n) is 29.9. The van der Waals surface area contributed by atoms with E-state index in [0.717, 1.165) is 78.3 Å². The number of ether oxygens (including phenoxy) is 2. The molecule has 2 fully saturated rings. The fourth-order valence-corrected chi connectivity index (χ4v) is 9.62. The normalized spacial score (nSPS) is 18.0. The number of benzene rings is 1. The molecule has 3 amide bonds. The molecule has 2 saturated heterocycles. The molecule has 274 valence electrons. The largest absolute Gasteiger partial charge is 0.453 e. The van der Waals surface area contributed by atoms with Gasteiger partial charge in [0.1, 0.15) is 17.7 Å². The van der Waals surface area contributed by atoms with Crippen molar-refractivity contribution in [3.05, 3.63) is 59.1 Å². The van der Waals surface area contributed by atoms with Gasteiger partial charge < -0.3 is 29.7 Å². The molecule has 52 heavy (non-hydrogen) atoms. The minimum atomic E-state index is -0.676. The van der Waals surface area contributed by atoms with Crippen LogP contribution < -0.4 is 5.32 Å². The number of alkyl carbamates (subject to hydrolysis) is 1. The van der Waals surface area contributed by atoms with E-state index in [1.165, 1.54) is 22.1 Å². The lowest BCUT2D eigenvalue weighted by atomic mass is 10.0. The number of H-pyrrole nitrogens is 2. The lowest BCUT2D eigenvalue weighted by molar-refractivity contribution is -0.135. The fourth-order valence-electron chi connectivity index (χ4n) is 7.18. The number of imidazole rings is 2. The highest BCUT2D eigenvalue weighted by Gasteiger charge is 2.38. The van der Waals surface area contributed by atoms with Crippen molar-refractivity contribution in [2.24, 2.45) is 5.92 Å². The second kappa shape index (κ2) is 15.5. The molecule has 7 rings (SSSR count). The summed E-state index contributed by atoms with van der Waals surface area (Å²) in [5, 5.41) is 7.09. The number of hydrogen-bond acceptors (Lipinski definition) is 9. The Labute approximate surface area is 310 Å². The van der Waals surface area contributed by atoms with E-state index in [9.17, 15) is 14.4 Å². The average Bonchev–Trinajstić information content (AvgIpc) is 4.00. The maximum atomic E-state index is 13.5. The predicted molar refractivity (Wildman–Crippen MR) is 203 cm³/mol. The second-order valence-electron chi connectivity index (χ2n) is 13.8. The number of unbranched alkanes of at least 4 members (excludes halogenated alkanes) is 1. The second-order valence-corrected chi connectivity index (χ2v) is 15.5. The third kappa shape index (κ3) is 7.05. The highest BCUT2D eigenvalue weighted by Crippen LogP contribution is 2.44. The molecule has 1 aromatic carbocycles. The van der Waals surface area contributed by atoms with E-state index in [4.69, 9.17) is 19.4 Å². The standard InChI is InChI=1S/C38H45N7O5S2/c1-5-6-17-50-38(48)45-16-8-10-30(45)35-40-19-28(42-35)26-21-52-32-25(20-51-33(26)32)23-11-13-24(14-12-23)27-18-39-34(41-27)29-9-7-15-44(29)36(46)31(22(2)3)43-37(47)49-4/h11-14,18-22,29-31H,5-10,15-17H2,1-4H3,(H,39,41)(H,40,42)(H,43,47)/t29?,30?,31-/m0/s1. The van der Waals surface area contributed by atoms with Gasteiger partial charge in [-0.25, -0.2) is 19.6 Å². The Bertz CT molecular complexity index is 2030. The van der Waals surface area contributed by atoms with Crippen LogP contribution in [-0.4, -0.2) is 80.7 Å². The Morgan fingerprint density at radius 2 is 1.48 bits per heavy atom. The topological polar surface area (TPSA) is 146 Å². The molecule has 2 aliphatic heterocycles. The van der Waals surface area contributed by atoms with Crippen molar-refractivity contribution in [2.75, 3.05) is 26.8 Å². The van der Waals surface area contributed by atoms with E-state index >= 15 is 0 Å². The third-order valence-electron chi connectivity index (χ3n) is 10.0.